The molecule has 1 amide bonds. The van der Waals surface area contributed by atoms with E-state index in [1.165, 1.54) is 0 Å². The number of carboxylic acids is 1. The van der Waals surface area contributed by atoms with Gasteiger partial charge in [0.05, 0.1) is 0 Å². The summed E-state index contributed by atoms with van der Waals surface area (Å²) in [5.74, 6) is -0.860. The van der Waals surface area contributed by atoms with Crippen LogP contribution in [0.15, 0.2) is 0 Å². The van der Waals surface area contributed by atoms with Crippen molar-refractivity contribution < 1.29 is 14.7 Å². The highest BCUT2D eigenvalue weighted by Crippen LogP contribution is 2.30. The lowest BCUT2D eigenvalue weighted by Crippen LogP contribution is -2.46. The summed E-state index contributed by atoms with van der Waals surface area (Å²) in [7, 11) is 0. The third-order valence-corrected chi connectivity index (χ3v) is 3.55. The van der Waals surface area contributed by atoms with Crippen LogP contribution < -0.4 is 5.32 Å². The molecule has 1 heterocycles. The first-order valence-corrected chi connectivity index (χ1v) is 6.33. The number of rotatable bonds is 4. The second-order valence-electron chi connectivity index (χ2n) is 5.17. The minimum Gasteiger partial charge on any atom is -0.480 e. The van der Waals surface area contributed by atoms with Crippen molar-refractivity contribution in [3.05, 3.63) is 0 Å². The third-order valence-electron chi connectivity index (χ3n) is 3.55. The molecule has 2 rings (SSSR count). The van der Waals surface area contributed by atoms with Crippen LogP contribution in [0.2, 0.25) is 0 Å². The van der Waals surface area contributed by atoms with Gasteiger partial charge in [-0.05, 0) is 39.2 Å². The summed E-state index contributed by atoms with van der Waals surface area (Å²) in [6, 6.07) is 0.535. The maximum absolute atomic E-state index is 12.3. The Hall–Kier alpha value is -1.10. The first-order chi connectivity index (χ1) is 8.08. The number of hydrogen-bond donors (Lipinski definition) is 2. The van der Waals surface area contributed by atoms with E-state index in [9.17, 15) is 9.59 Å². The number of nitrogens with zero attached hydrogens (tertiary/aromatic N) is 1. The average molecular weight is 240 g/mol. The highest BCUT2D eigenvalue weighted by Gasteiger charge is 2.37. The van der Waals surface area contributed by atoms with E-state index in [0.717, 1.165) is 32.2 Å². The maximum Gasteiger partial charge on any atom is 0.323 e. The van der Waals surface area contributed by atoms with Crippen molar-refractivity contribution in [1.82, 2.24) is 10.2 Å². The molecule has 2 fully saturated rings. The van der Waals surface area contributed by atoms with E-state index in [4.69, 9.17) is 5.11 Å². The van der Waals surface area contributed by atoms with Crippen molar-refractivity contribution in [1.29, 1.82) is 0 Å². The molecule has 17 heavy (non-hydrogen) atoms. The number of nitrogens with one attached hydrogen (secondary N) is 1. The van der Waals surface area contributed by atoms with Crippen LogP contribution in [0.5, 0.6) is 0 Å². The molecule has 1 saturated carbocycles. The molecule has 5 nitrogen and oxygen atoms in total. The van der Waals surface area contributed by atoms with Crippen molar-refractivity contribution in [2.45, 2.75) is 44.7 Å². The fourth-order valence-electron chi connectivity index (χ4n) is 2.51. The zero-order valence-corrected chi connectivity index (χ0v) is 10.2. The Kier molecular flexibility index (Phi) is 3.66. The molecule has 2 atom stereocenters. The lowest BCUT2D eigenvalue weighted by Gasteiger charge is -2.31. The molecule has 0 aromatic heterocycles. The van der Waals surface area contributed by atoms with Crippen LogP contribution in [0.4, 0.5) is 0 Å². The molecule has 2 unspecified atom stereocenters. The Balaban J connectivity index is 1.97. The van der Waals surface area contributed by atoms with Crippen LogP contribution in [-0.2, 0) is 9.59 Å². The molecule has 2 N–H and O–H groups in total. The van der Waals surface area contributed by atoms with Gasteiger partial charge < -0.3 is 15.3 Å². The summed E-state index contributed by atoms with van der Waals surface area (Å²) in [6.07, 6.45) is 3.56. The van der Waals surface area contributed by atoms with E-state index >= 15 is 0 Å². The van der Waals surface area contributed by atoms with Crippen LogP contribution in [0.1, 0.15) is 32.6 Å². The zero-order valence-electron chi connectivity index (χ0n) is 10.2. The molecule has 1 saturated heterocycles. The number of hydrogen-bond acceptors (Lipinski definition) is 3. The van der Waals surface area contributed by atoms with Crippen molar-refractivity contribution in [3.8, 4) is 0 Å². The summed E-state index contributed by atoms with van der Waals surface area (Å²) >= 11 is 0. The first kappa shape index (κ1) is 12.4. The van der Waals surface area contributed by atoms with Crippen LogP contribution in [0.3, 0.4) is 0 Å². The smallest absolute Gasteiger partial charge is 0.323 e. The van der Waals surface area contributed by atoms with Gasteiger partial charge in [0.15, 0.2) is 0 Å². The van der Waals surface area contributed by atoms with Crippen molar-refractivity contribution in [2.75, 3.05) is 13.1 Å². The molecule has 2 aliphatic rings. The molecule has 0 aromatic rings. The predicted molar refractivity (Wildman–Crippen MR) is 62.6 cm³/mol. The number of aliphatic carboxylic acids is 1. The molecular formula is C12H20N2O3. The van der Waals surface area contributed by atoms with E-state index in [-0.39, 0.29) is 24.4 Å². The summed E-state index contributed by atoms with van der Waals surface area (Å²) in [5.41, 5.74) is 0. The Morgan fingerprint density at radius 2 is 2.06 bits per heavy atom. The number of amides is 1. The molecule has 1 aliphatic carbocycles. The lowest BCUT2D eigenvalue weighted by molar-refractivity contribution is -0.147. The Bertz CT molecular complexity index is 315. The monoisotopic (exact) mass is 240 g/mol. The highest BCUT2D eigenvalue weighted by molar-refractivity contribution is 5.83. The van der Waals surface area contributed by atoms with Gasteiger partial charge >= 0.3 is 5.97 Å². The number of carbonyl (C=O) groups excluding carboxylic acids is 1. The van der Waals surface area contributed by atoms with E-state index in [1.54, 1.807) is 4.90 Å². The van der Waals surface area contributed by atoms with Gasteiger partial charge in [0, 0.05) is 18.0 Å². The molecule has 0 aromatic carbocycles. The van der Waals surface area contributed by atoms with Gasteiger partial charge in [-0.2, -0.15) is 0 Å². The number of piperidine rings is 1. The highest BCUT2D eigenvalue weighted by atomic mass is 16.4. The Labute approximate surface area is 101 Å². The number of carbonyl (C=O) groups is 2. The van der Waals surface area contributed by atoms with Crippen LogP contribution in [-0.4, -0.2) is 47.1 Å². The van der Waals surface area contributed by atoms with Crippen molar-refractivity contribution >= 4 is 11.9 Å². The normalized spacial score (nSPS) is 28.8. The molecule has 0 radical (unpaired) electrons. The molecule has 0 spiro atoms. The van der Waals surface area contributed by atoms with E-state index < -0.39 is 5.97 Å². The second kappa shape index (κ2) is 5.04. The number of carboxylic acid groups (broad SMARTS) is 1. The minimum atomic E-state index is -0.910. The van der Waals surface area contributed by atoms with Gasteiger partial charge in [0.2, 0.25) is 5.91 Å². The maximum atomic E-state index is 12.3. The fourth-order valence-corrected chi connectivity index (χ4v) is 2.51. The fraction of sp³-hybridized carbons (Fsp3) is 0.833. The molecular weight excluding hydrogens is 220 g/mol. The van der Waals surface area contributed by atoms with Crippen LogP contribution >= 0.6 is 0 Å². The Morgan fingerprint density at radius 3 is 2.59 bits per heavy atom. The van der Waals surface area contributed by atoms with Crippen LogP contribution in [0, 0.1) is 5.92 Å². The predicted octanol–water partition coefficient (Wildman–Crippen LogP) is 0.450. The first-order valence-electron chi connectivity index (χ1n) is 6.33. The lowest BCUT2D eigenvalue weighted by atomic mass is 9.92. The molecule has 5 heteroatoms. The summed E-state index contributed by atoms with van der Waals surface area (Å²) < 4.78 is 0. The zero-order chi connectivity index (χ0) is 12.4. The van der Waals surface area contributed by atoms with E-state index in [0.29, 0.717) is 6.04 Å². The van der Waals surface area contributed by atoms with Crippen LogP contribution in [0.25, 0.3) is 0 Å². The van der Waals surface area contributed by atoms with E-state index in [2.05, 4.69) is 12.2 Å². The van der Waals surface area contributed by atoms with Gasteiger partial charge in [-0.1, -0.05) is 0 Å². The quantitative estimate of drug-likeness (QED) is 0.748. The van der Waals surface area contributed by atoms with Gasteiger partial charge in [-0.15, -0.1) is 0 Å². The Morgan fingerprint density at radius 1 is 1.35 bits per heavy atom. The van der Waals surface area contributed by atoms with Gasteiger partial charge in [0.25, 0.3) is 0 Å². The topological polar surface area (TPSA) is 69.6 Å². The largest absolute Gasteiger partial charge is 0.480 e. The summed E-state index contributed by atoms with van der Waals surface area (Å²) in [5, 5.41) is 12.2. The average Bonchev–Trinajstić information content (AvgIpc) is 3.08. The standard InChI is InChI=1S/C12H20N2O3/c1-8-6-9(4-5-13-8)12(17)14(7-11(15)16)10-2-3-10/h8-10,13H,2-7H2,1H3,(H,15,16). The third kappa shape index (κ3) is 3.19. The SMILES string of the molecule is CC1CC(C(=O)N(CC(=O)O)C2CC2)CCN1. The van der Waals surface area contributed by atoms with Crippen molar-refractivity contribution in [3.63, 3.8) is 0 Å². The van der Waals surface area contributed by atoms with Gasteiger partial charge in [-0.3, -0.25) is 9.59 Å². The van der Waals surface area contributed by atoms with Crippen molar-refractivity contribution in [2.24, 2.45) is 5.92 Å². The molecule has 96 valence electrons. The summed E-state index contributed by atoms with van der Waals surface area (Å²) in [4.78, 5) is 24.7. The van der Waals surface area contributed by atoms with E-state index in [1.807, 2.05) is 0 Å². The summed E-state index contributed by atoms with van der Waals surface area (Å²) in [6.45, 7) is 2.78. The second-order valence-corrected chi connectivity index (χ2v) is 5.17. The molecule has 0 bridgehead atoms. The van der Waals surface area contributed by atoms with Gasteiger partial charge in [-0.25, -0.2) is 0 Å². The minimum absolute atomic E-state index is 0.00574. The molecule has 1 aliphatic heterocycles. The van der Waals surface area contributed by atoms with Gasteiger partial charge in [0.1, 0.15) is 6.54 Å².